The highest BCUT2D eigenvalue weighted by Gasteiger charge is 2.20. The van der Waals surface area contributed by atoms with Crippen molar-refractivity contribution >= 4 is 15.9 Å². The van der Waals surface area contributed by atoms with E-state index in [0.717, 1.165) is 19.4 Å². The van der Waals surface area contributed by atoms with Crippen LogP contribution in [0.15, 0.2) is 29.2 Å². The van der Waals surface area contributed by atoms with Gasteiger partial charge in [-0.1, -0.05) is 12.5 Å². The molecule has 1 amide bonds. The number of likely N-dealkylation sites (N-methyl/N-ethyl adjacent to an activating group) is 1. The quantitative estimate of drug-likeness (QED) is 0.767. The minimum absolute atomic E-state index is 0.0432. The van der Waals surface area contributed by atoms with Crippen molar-refractivity contribution in [2.24, 2.45) is 0 Å². The molecule has 1 atom stereocenters. The van der Waals surface area contributed by atoms with Gasteiger partial charge in [0.2, 0.25) is 10.0 Å². The van der Waals surface area contributed by atoms with Crippen LogP contribution in [0, 0.1) is 0 Å². The van der Waals surface area contributed by atoms with Crippen molar-refractivity contribution < 1.29 is 17.6 Å². The van der Waals surface area contributed by atoms with Crippen LogP contribution in [-0.2, 0) is 10.0 Å². The number of nitrogens with one attached hydrogen (secondary N) is 2. The van der Waals surface area contributed by atoms with Crippen LogP contribution >= 0.6 is 0 Å². The van der Waals surface area contributed by atoms with Gasteiger partial charge in [0.25, 0.3) is 5.91 Å². The summed E-state index contributed by atoms with van der Waals surface area (Å²) in [4.78, 5) is 14.5. The lowest BCUT2D eigenvalue weighted by Crippen LogP contribution is -2.44. The number of rotatable bonds is 7. The van der Waals surface area contributed by atoms with Crippen molar-refractivity contribution in [3.8, 4) is 0 Å². The molecule has 1 aliphatic rings. The average molecular weight is 357 g/mol. The van der Waals surface area contributed by atoms with E-state index in [4.69, 9.17) is 0 Å². The van der Waals surface area contributed by atoms with E-state index in [0.29, 0.717) is 12.6 Å². The maximum atomic E-state index is 12.3. The molecule has 0 aromatic heterocycles. The van der Waals surface area contributed by atoms with Gasteiger partial charge >= 0.3 is 0 Å². The van der Waals surface area contributed by atoms with E-state index in [1.165, 1.54) is 24.6 Å². The first-order valence-electron chi connectivity index (χ1n) is 8.08. The number of halogens is 1. The molecule has 0 bridgehead atoms. The second-order valence-electron chi connectivity index (χ2n) is 5.95. The smallest absolute Gasteiger partial charge is 0.251 e. The summed E-state index contributed by atoms with van der Waals surface area (Å²) in [5.41, 5.74) is 0.275. The summed E-state index contributed by atoms with van der Waals surface area (Å²) in [6.45, 7) is 0.488. The molecule has 1 aliphatic heterocycles. The van der Waals surface area contributed by atoms with Gasteiger partial charge in [-0.3, -0.25) is 4.79 Å². The number of carbonyl (C=O) groups is 1. The number of amides is 1. The van der Waals surface area contributed by atoms with Crippen LogP contribution in [-0.4, -0.2) is 58.6 Å². The zero-order chi connectivity index (χ0) is 17.6. The van der Waals surface area contributed by atoms with E-state index in [1.54, 1.807) is 6.07 Å². The van der Waals surface area contributed by atoms with Gasteiger partial charge in [-0.2, -0.15) is 0 Å². The molecule has 8 heteroatoms. The van der Waals surface area contributed by atoms with Gasteiger partial charge in [0, 0.05) is 24.7 Å². The van der Waals surface area contributed by atoms with Crippen molar-refractivity contribution in [3.05, 3.63) is 29.8 Å². The largest absolute Gasteiger partial charge is 0.350 e. The van der Waals surface area contributed by atoms with E-state index in [2.05, 4.69) is 14.9 Å². The summed E-state index contributed by atoms with van der Waals surface area (Å²) in [6.07, 6.45) is 3.37. The summed E-state index contributed by atoms with van der Waals surface area (Å²) in [5.74, 6) is -0.309. The highest BCUT2D eigenvalue weighted by molar-refractivity contribution is 7.89. The predicted octanol–water partition coefficient (Wildman–Crippen LogP) is 1.15. The summed E-state index contributed by atoms with van der Waals surface area (Å²) in [7, 11) is -1.76. The topological polar surface area (TPSA) is 78.5 Å². The first-order valence-corrected chi connectivity index (χ1v) is 9.56. The molecule has 1 saturated heterocycles. The standard InChI is InChI=1S/C16H24FN3O3S/c1-20-10-3-2-6-14(20)12-18-16(21)13-5-4-7-15(11-13)24(22,23)19-9-8-17/h4-5,7,11,14,19H,2-3,6,8-10,12H2,1H3,(H,18,21). The summed E-state index contributed by atoms with van der Waals surface area (Å²) < 4.78 is 38.3. The van der Waals surface area contributed by atoms with Crippen LogP contribution < -0.4 is 10.0 Å². The van der Waals surface area contributed by atoms with Crippen molar-refractivity contribution in [1.29, 1.82) is 0 Å². The zero-order valence-electron chi connectivity index (χ0n) is 13.8. The van der Waals surface area contributed by atoms with Crippen LogP contribution in [0.3, 0.4) is 0 Å². The van der Waals surface area contributed by atoms with Crippen LogP contribution in [0.4, 0.5) is 4.39 Å². The Kier molecular flexibility index (Phi) is 6.70. The number of alkyl halides is 1. The first-order chi connectivity index (χ1) is 11.4. The summed E-state index contributed by atoms with van der Waals surface area (Å²) in [5, 5.41) is 2.87. The Balaban J connectivity index is 2.01. The van der Waals surface area contributed by atoms with Crippen molar-refractivity contribution in [2.45, 2.75) is 30.2 Å². The lowest BCUT2D eigenvalue weighted by molar-refractivity contribution is 0.0928. The van der Waals surface area contributed by atoms with Crippen molar-refractivity contribution in [3.63, 3.8) is 0 Å². The SMILES string of the molecule is CN1CCCCC1CNC(=O)c1cccc(S(=O)(=O)NCCF)c1. The number of nitrogens with zero attached hydrogens (tertiary/aromatic N) is 1. The first kappa shape index (κ1) is 18.8. The second kappa shape index (κ2) is 8.55. The van der Waals surface area contributed by atoms with Gasteiger partial charge in [-0.15, -0.1) is 0 Å². The molecule has 1 heterocycles. The number of piperidine rings is 1. The van der Waals surface area contributed by atoms with Gasteiger partial charge in [0.1, 0.15) is 6.67 Å². The second-order valence-corrected chi connectivity index (χ2v) is 7.72. The maximum absolute atomic E-state index is 12.3. The molecule has 1 aromatic rings. The molecule has 2 rings (SSSR count). The fraction of sp³-hybridized carbons (Fsp3) is 0.562. The fourth-order valence-electron chi connectivity index (χ4n) is 2.78. The minimum atomic E-state index is -3.80. The Morgan fingerprint density at radius 1 is 1.38 bits per heavy atom. The molecule has 6 nitrogen and oxygen atoms in total. The molecule has 1 unspecified atom stereocenters. The number of likely N-dealkylation sites (tertiary alicyclic amines) is 1. The van der Waals surface area contributed by atoms with E-state index in [-0.39, 0.29) is 22.9 Å². The van der Waals surface area contributed by atoms with Crippen molar-refractivity contribution in [2.75, 3.05) is 33.4 Å². The number of sulfonamides is 1. The Bertz CT molecular complexity index is 666. The molecular formula is C16H24FN3O3S. The lowest BCUT2D eigenvalue weighted by atomic mass is 10.0. The Morgan fingerprint density at radius 3 is 2.88 bits per heavy atom. The Morgan fingerprint density at radius 2 is 2.17 bits per heavy atom. The molecular weight excluding hydrogens is 333 g/mol. The molecule has 0 spiro atoms. The molecule has 0 aliphatic carbocycles. The zero-order valence-corrected chi connectivity index (χ0v) is 14.6. The third kappa shape index (κ3) is 4.99. The van der Waals surface area contributed by atoms with Crippen molar-refractivity contribution in [1.82, 2.24) is 14.9 Å². The van der Waals surface area contributed by atoms with Gasteiger partial charge < -0.3 is 10.2 Å². The third-order valence-electron chi connectivity index (χ3n) is 4.21. The van der Waals surface area contributed by atoms with Gasteiger partial charge in [0.05, 0.1) is 4.90 Å². The molecule has 1 aromatic carbocycles. The van der Waals surface area contributed by atoms with Gasteiger partial charge in [0.15, 0.2) is 0 Å². The van der Waals surface area contributed by atoms with Crippen LogP contribution in [0.1, 0.15) is 29.6 Å². The number of hydrogen-bond acceptors (Lipinski definition) is 4. The molecule has 0 saturated carbocycles. The number of hydrogen-bond donors (Lipinski definition) is 2. The predicted molar refractivity (Wildman–Crippen MR) is 90.2 cm³/mol. The molecule has 24 heavy (non-hydrogen) atoms. The molecule has 1 fully saturated rings. The highest BCUT2D eigenvalue weighted by atomic mass is 32.2. The summed E-state index contributed by atoms with van der Waals surface area (Å²) in [6, 6.07) is 6.06. The third-order valence-corrected chi connectivity index (χ3v) is 5.67. The average Bonchev–Trinajstić information content (AvgIpc) is 2.59. The normalized spacial score (nSPS) is 19.2. The maximum Gasteiger partial charge on any atom is 0.251 e. The van der Waals surface area contributed by atoms with Crippen LogP contribution in [0.25, 0.3) is 0 Å². The van der Waals surface area contributed by atoms with Gasteiger partial charge in [-0.05, 0) is 44.6 Å². The van der Waals surface area contributed by atoms with Crippen LogP contribution in [0.5, 0.6) is 0 Å². The molecule has 134 valence electrons. The number of benzene rings is 1. The fourth-order valence-corrected chi connectivity index (χ4v) is 3.83. The monoisotopic (exact) mass is 357 g/mol. The van der Waals surface area contributed by atoms with E-state index < -0.39 is 16.7 Å². The Labute approximate surface area is 142 Å². The summed E-state index contributed by atoms with van der Waals surface area (Å²) >= 11 is 0. The Hall–Kier alpha value is -1.51. The minimum Gasteiger partial charge on any atom is -0.350 e. The van der Waals surface area contributed by atoms with E-state index in [1.807, 2.05) is 7.05 Å². The molecule has 2 N–H and O–H groups in total. The van der Waals surface area contributed by atoms with Gasteiger partial charge in [-0.25, -0.2) is 17.5 Å². The van der Waals surface area contributed by atoms with E-state index >= 15 is 0 Å². The van der Waals surface area contributed by atoms with Crippen LogP contribution in [0.2, 0.25) is 0 Å². The van der Waals surface area contributed by atoms with E-state index in [9.17, 15) is 17.6 Å². The lowest BCUT2D eigenvalue weighted by Gasteiger charge is -2.32. The molecule has 0 radical (unpaired) electrons. The number of carbonyl (C=O) groups excluding carboxylic acids is 1. The highest BCUT2D eigenvalue weighted by Crippen LogP contribution is 2.15.